The van der Waals surface area contributed by atoms with E-state index < -0.39 is 0 Å². The number of imidazole rings is 1. The number of hydrogen-bond acceptors (Lipinski definition) is 2. The highest BCUT2D eigenvalue weighted by atomic mass is 79.9. The van der Waals surface area contributed by atoms with Crippen LogP contribution < -0.4 is 5.73 Å². The first-order valence-electron chi connectivity index (χ1n) is 3.99. The van der Waals surface area contributed by atoms with Gasteiger partial charge in [0.05, 0.1) is 5.69 Å². The van der Waals surface area contributed by atoms with Crippen LogP contribution in [-0.4, -0.2) is 9.55 Å². The third-order valence-electron chi connectivity index (χ3n) is 1.84. The molecule has 1 rings (SSSR count). The largest absolute Gasteiger partial charge is 0.325 e. The van der Waals surface area contributed by atoms with Crippen LogP contribution in [0.25, 0.3) is 0 Å². The predicted molar refractivity (Wildman–Crippen MR) is 52.9 cm³/mol. The Morgan fingerprint density at radius 1 is 1.58 bits per heavy atom. The number of hydrogen-bond donors (Lipinski definition) is 1. The van der Waals surface area contributed by atoms with E-state index >= 15 is 0 Å². The molecule has 12 heavy (non-hydrogen) atoms. The van der Waals surface area contributed by atoms with Gasteiger partial charge in [-0.15, -0.1) is 0 Å². The van der Waals surface area contributed by atoms with Crippen molar-refractivity contribution < 1.29 is 0 Å². The Balaban J connectivity index is 3.16. The summed E-state index contributed by atoms with van der Waals surface area (Å²) >= 11 is 3.45. The molecule has 1 aromatic rings. The van der Waals surface area contributed by atoms with E-state index in [0.29, 0.717) is 12.5 Å². The van der Waals surface area contributed by atoms with E-state index in [2.05, 4.69) is 34.8 Å². The maximum absolute atomic E-state index is 5.53. The molecule has 0 amide bonds. The molecule has 0 aromatic carbocycles. The van der Waals surface area contributed by atoms with Crippen molar-refractivity contribution in [1.29, 1.82) is 0 Å². The van der Waals surface area contributed by atoms with Gasteiger partial charge in [0.15, 0.2) is 0 Å². The molecule has 4 heteroatoms. The van der Waals surface area contributed by atoms with Crippen molar-refractivity contribution in [3.05, 3.63) is 16.1 Å². The van der Waals surface area contributed by atoms with E-state index in [4.69, 9.17) is 5.73 Å². The molecule has 0 aliphatic heterocycles. The fraction of sp³-hybridized carbons (Fsp3) is 0.625. The molecule has 2 N–H and O–H groups in total. The van der Waals surface area contributed by atoms with Gasteiger partial charge in [0.2, 0.25) is 0 Å². The summed E-state index contributed by atoms with van der Waals surface area (Å²) in [5, 5.41) is 0. The number of nitrogens with two attached hydrogens (primary N) is 1. The van der Waals surface area contributed by atoms with Crippen molar-refractivity contribution in [2.24, 2.45) is 12.8 Å². The standard InChI is InChI=1S/C8H14BrN3/c1-5(2)8-11-6(4-10)7(9)12(8)3/h5H,4,10H2,1-3H3. The third kappa shape index (κ3) is 1.54. The summed E-state index contributed by atoms with van der Waals surface area (Å²) in [7, 11) is 1.99. The molecule has 68 valence electrons. The van der Waals surface area contributed by atoms with Gasteiger partial charge in [-0.25, -0.2) is 4.98 Å². The van der Waals surface area contributed by atoms with E-state index in [-0.39, 0.29) is 0 Å². The molecular weight excluding hydrogens is 218 g/mol. The predicted octanol–water partition coefficient (Wildman–Crippen LogP) is 1.76. The van der Waals surface area contributed by atoms with Crippen LogP contribution >= 0.6 is 15.9 Å². The lowest BCUT2D eigenvalue weighted by atomic mass is 10.2. The van der Waals surface area contributed by atoms with Crippen LogP contribution in [0, 0.1) is 0 Å². The van der Waals surface area contributed by atoms with Crippen LogP contribution in [0.2, 0.25) is 0 Å². The normalized spacial score (nSPS) is 11.2. The number of rotatable bonds is 2. The van der Waals surface area contributed by atoms with Gasteiger partial charge in [-0.2, -0.15) is 0 Å². The van der Waals surface area contributed by atoms with E-state index in [1.807, 2.05) is 11.6 Å². The van der Waals surface area contributed by atoms with Crippen molar-refractivity contribution >= 4 is 15.9 Å². The monoisotopic (exact) mass is 231 g/mol. The lowest BCUT2D eigenvalue weighted by Crippen LogP contribution is -1.99. The Hall–Kier alpha value is -0.350. The Kier molecular flexibility index (Phi) is 2.90. The molecule has 0 spiro atoms. The van der Waals surface area contributed by atoms with Gasteiger partial charge in [0.25, 0.3) is 0 Å². The van der Waals surface area contributed by atoms with Crippen molar-refractivity contribution in [2.45, 2.75) is 26.3 Å². The summed E-state index contributed by atoms with van der Waals surface area (Å²) in [6.07, 6.45) is 0. The highest BCUT2D eigenvalue weighted by molar-refractivity contribution is 9.10. The van der Waals surface area contributed by atoms with Crippen molar-refractivity contribution in [1.82, 2.24) is 9.55 Å². The van der Waals surface area contributed by atoms with Gasteiger partial charge < -0.3 is 10.3 Å². The molecule has 0 fully saturated rings. The van der Waals surface area contributed by atoms with Gasteiger partial charge in [0, 0.05) is 19.5 Å². The van der Waals surface area contributed by atoms with Crippen molar-refractivity contribution in [2.75, 3.05) is 0 Å². The molecular formula is C8H14BrN3. The first kappa shape index (κ1) is 9.74. The molecule has 0 unspecified atom stereocenters. The highest BCUT2D eigenvalue weighted by Gasteiger charge is 2.12. The maximum Gasteiger partial charge on any atom is 0.112 e. The van der Waals surface area contributed by atoms with Gasteiger partial charge in [0.1, 0.15) is 10.4 Å². The quantitative estimate of drug-likeness (QED) is 0.844. The Morgan fingerprint density at radius 2 is 2.17 bits per heavy atom. The molecule has 1 heterocycles. The first-order valence-corrected chi connectivity index (χ1v) is 4.78. The summed E-state index contributed by atoms with van der Waals surface area (Å²) in [6.45, 7) is 4.73. The van der Waals surface area contributed by atoms with E-state index in [1.54, 1.807) is 0 Å². The lowest BCUT2D eigenvalue weighted by molar-refractivity contribution is 0.704. The molecule has 0 saturated heterocycles. The van der Waals surface area contributed by atoms with Gasteiger partial charge in [-0.1, -0.05) is 13.8 Å². The summed E-state index contributed by atoms with van der Waals surface area (Å²) in [4.78, 5) is 4.42. The minimum Gasteiger partial charge on any atom is -0.325 e. The van der Waals surface area contributed by atoms with Crippen molar-refractivity contribution in [3.8, 4) is 0 Å². The van der Waals surface area contributed by atoms with Crippen LogP contribution in [-0.2, 0) is 13.6 Å². The minimum absolute atomic E-state index is 0.437. The molecule has 0 radical (unpaired) electrons. The smallest absolute Gasteiger partial charge is 0.112 e. The molecule has 0 saturated carbocycles. The molecule has 0 bridgehead atoms. The fourth-order valence-corrected chi connectivity index (χ4v) is 1.63. The molecule has 3 nitrogen and oxygen atoms in total. The third-order valence-corrected chi connectivity index (χ3v) is 2.83. The van der Waals surface area contributed by atoms with Crippen molar-refractivity contribution in [3.63, 3.8) is 0 Å². The fourth-order valence-electron chi connectivity index (χ4n) is 1.20. The van der Waals surface area contributed by atoms with E-state index in [1.165, 1.54) is 0 Å². The Labute approximate surface area is 81.1 Å². The van der Waals surface area contributed by atoms with Crippen LogP contribution in [0.1, 0.15) is 31.3 Å². The number of aromatic nitrogens is 2. The van der Waals surface area contributed by atoms with Crippen LogP contribution in [0.15, 0.2) is 4.60 Å². The van der Waals surface area contributed by atoms with E-state index in [9.17, 15) is 0 Å². The highest BCUT2D eigenvalue weighted by Crippen LogP contribution is 2.21. The summed E-state index contributed by atoms with van der Waals surface area (Å²) < 4.78 is 3.03. The molecule has 0 aliphatic rings. The lowest BCUT2D eigenvalue weighted by Gasteiger charge is -2.04. The summed E-state index contributed by atoms with van der Waals surface area (Å²) in [6, 6.07) is 0. The average molecular weight is 232 g/mol. The SMILES string of the molecule is CC(C)c1nc(CN)c(Br)n1C. The first-order chi connectivity index (χ1) is 5.57. The Morgan fingerprint density at radius 3 is 2.42 bits per heavy atom. The van der Waals surface area contributed by atoms with E-state index in [0.717, 1.165) is 16.1 Å². The molecule has 0 aliphatic carbocycles. The topological polar surface area (TPSA) is 43.8 Å². The van der Waals surface area contributed by atoms with Crippen LogP contribution in [0.5, 0.6) is 0 Å². The van der Waals surface area contributed by atoms with Gasteiger partial charge in [-0.05, 0) is 15.9 Å². The minimum atomic E-state index is 0.437. The Bertz CT molecular complexity index is 278. The summed E-state index contributed by atoms with van der Waals surface area (Å²) in [5.74, 6) is 1.51. The second kappa shape index (κ2) is 3.58. The zero-order chi connectivity index (χ0) is 9.30. The maximum atomic E-state index is 5.53. The van der Waals surface area contributed by atoms with Gasteiger partial charge >= 0.3 is 0 Å². The van der Waals surface area contributed by atoms with Gasteiger partial charge in [-0.3, -0.25) is 0 Å². The molecule has 1 aromatic heterocycles. The number of halogens is 1. The zero-order valence-corrected chi connectivity index (χ0v) is 9.22. The second-order valence-corrected chi connectivity index (χ2v) is 3.88. The van der Waals surface area contributed by atoms with Crippen LogP contribution in [0.3, 0.4) is 0 Å². The average Bonchev–Trinajstić information content (AvgIpc) is 2.30. The molecule has 0 atom stereocenters. The van der Waals surface area contributed by atoms with Crippen LogP contribution in [0.4, 0.5) is 0 Å². The number of nitrogens with zero attached hydrogens (tertiary/aromatic N) is 2. The zero-order valence-electron chi connectivity index (χ0n) is 7.63. The second-order valence-electron chi connectivity index (χ2n) is 3.13. The summed E-state index contributed by atoms with van der Waals surface area (Å²) in [5.41, 5.74) is 6.46.